The third-order valence-electron chi connectivity index (χ3n) is 3.39. The van der Waals surface area contributed by atoms with Gasteiger partial charge in [-0.3, -0.25) is 9.59 Å². The van der Waals surface area contributed by atoms with E-state index in [-0.39, 0.29) is 18.8 Å². The molecule has 0 radical (unpaired) electrons. The summed E-state index contributed by atoms with van der Waals surface area (Å²) in [5.74, 6) is -0.490. The summed E-state index contributed by atoms with van der Waals surface area (Å²) in [5, 5.41) is 0. The molecule has 21 heavy (non-hydrogen) atoms. The minimum atomic E-state index is -0.478. The molecule has 1 aromatic carbocycles. The van der Waals surface area contributed by atoms with Crippen molar-refractivity contribution in [3.8, 4) is 0 Å². The van der Waals surface area contributed by atoms with Gasteiger partial charge in [0, 0.05) is 10.9 Å². The number of hydrogen-bond donors (Lipinski definition) is 1. The van der Waals surface area contributed by atoms with Crippen molar-refractivity contribution in [1.29, 1.82) is 0 Å². The average molecular weight is 356 g/mol. The number of carbonyl (C=O) groups excluding carboxylic acids is 2. The standard InChI is InChI=1S/C16H22BrNO3/c1-2-12(11-21-16(20)10-9-15(18)19)3-4-13-5-7-14(17)8-6-13/h5-8,12H,2-4,9-11H2,1H3,(H2,18,19). The van der Waals surface area contributed by atoms with E-state index in [2.05, 4.69) is 35.0 Å². The zero-order valence-electron chi connectivity index (χ0n) is 12.3. The molecule has 1 aromatic rings. The number of carbonyl (C=O) groups is 2. The minimum absolute atomic E-state index is 0.0501. The molecule has 0 aromatic heterocycles. The Morgan fingerprint density at radius 1 is 1.24 bits per heavy atom. The zero-order valence-corrected chi connectivity index (χ0v) is 13.9. The molecule has 0 aliphatic heterocycles. The van der Waals surface area contributed by atoms with Crippen molar-refractivity contribution in [3.63, 3.8) is 0 Å². The summed E-state index contributed by atoms with van der Waals surface area (Å²) < 4.78 is 6.27. The van der Waals surface area contributed by atoms with Crippen LogP contribution in [0.4, 0.5) is 0 Å². The van der Waals surface area contributed by atoms with Crippen LogP contribution in [0.25, 0.3) is 0 Å². The van der Waals surface area contributed by atoms with Crippen molar-refractivity contribution >= 4 is 27.8 Å². The number of ether oxygens (including phenoxy) is 1. The number of nitrogens with two attached hydrogens (primary N) is 1. The Bertz CT molecular complexity index is 459. The molecule has 0 saturated heterocycles. The predicted molar refractivity (Wildman–Crippen MR) is 85.6 cm³/mol. The summed E-state index contributed by atoms with van der Waals surface area (Å²) in [5.41, 5.74) is 6.27. The van der Waals surface area contributed by atoms with E-state index in [0.29, 0.717) is 12.5 Å². The number of aryl methyl sites for hydroxylation is 1. The second kappa shape index (κ2) is 9.55. The first-order chi connectivity index (χ1) is 10.0. The lowest BCUT2D eigenvalue weighted by molar-refractivity contribution is -0.146. The molecule has 0 saturated carbocycles. The van der Waals surface area contributed by atoms with Crippen molar-refractivity contribution < 1.29 is 14.3 Å². The molecular weight excluding hydrogens is 334 g/mol. The van der Waals surface area contributed by atoms with Gasteiger partial charge in [-0.15, -0.1) is 0 Å². The number of rotatable bonds is 9. The van der Waals surface area contributed by atoms with Gasteiger partial charge in [-0.2, -0.15) is 0 Å². The molecule has 0 aliphatic carbocycles. The largest absolute Gasteiger partial charge is 0.465 e. The zero-order chi connectivity index (χ0) is 15.7. The maximum atomic E-state index is 11.4. The number of primary amides is 1. The van der Waals surface area contributed by atoms with Crippen LogP contribution in [0.2, 0.25) is 0 Å². The molecule has 1 amide bonds. The summed E-state index contributed by atoms with van der Waals surface area (Å²) in [6.07, 6.45) is 3.01. The van der Waals surface area contributed by atoms with Crippen LogP contribution in [-0.2, 0) is 20.7 Å². The van der Waals surface area contributed by atoms with Crippen LogP contribution in [-0.4, -0.2) is 18.5 Å². The highest BCUT2D eigenvalue weighted by atomic mass is 79.9. The van der Waals surface area contributed by atoms with E-state index in [4.69, 9.17) is 10.5 Å². The number of esters is 1. The summed E-state index contributed by atoms with van der Waals surface area (Å²) in [4.78, 5) is 22.0. The maximum Gasteiger partial charge on any atom is 0.306 e. The van der Waals surface area contributed by atoms with E-state index in [0.717, 1.165) is 23.7 Å². The normalized spacial score (nSPS) is 11.9. The van der Waals surface area contributed by atoms with E-state index in [1.165, 1.54) is 5.56 Å². The Kier molecular flexibility index (Phi) is 8.05. The van der Waals surface area contributed by atoms with Gasteiger partial charge in [0.15, 0.2) is 0 Å². The molecule has 5 heteroatoms. The van der Waals surface area contributed by atoms with Gasteiger partial charge in [0.25, 0.3) is 0 Å². The van der Waals surface area contributed by atoms with Crippen LogP contribution in [0.3, 0.4) is 0 Å². The number of hydrogen-bond acceptors (Lipinski definition) is 3. The molecule has 4 nitrogen and oxygen atoms in total. The van der Waals surface area contributed by atoms with Gasteiger partial charge in [0.2, 0.25) is 5.91 Å². The first kappa shape index (κ1) is 17.7. The minimum Gasteiger partial charge on any atom is -0.465 e. The van der Waals surface area contributed by atoms with Crippen LogP contribution in [0.1, 0.15) is 38.2 Å². The Morgan fingerprint density at radius 3 is 2.48 bits per heavy atom. The van der Waals surface area contributed by atoms with Crippen molar-refractivity contribution in [2.45, 2.75) is 39.0 Å². The van der Waals surface area contributed by atoms with Gasteiger partial charge in [0.05, 0.1) is 13.0 Å². The second-order valence-corrected chi connectivity index (χ2v) is 6.00. The molecular formula is C16H22BrNO3. The number of benzene rings is 1. The Morgan fingerprint density at radius 2 is 1.90 bits per heavy atom. The number of amides is 1. The van der Waals surface area contributed by atoms with Crippen LogP contribution in [0.15, 0.2) is 28.7 Å². The lowest BCUT2D eigenvalue weighted by atomic mass is 9.98. The molecule has 1 atom stereocenters. The Labute approximate surface area is 134 Å². The third-order valence-corrected chi connectivity index (χ3v) is 3.92. The fourth-order valence-electron chi connectivity index (χ4n) is 1.94. The van der Waals surface area contributed by atoms with Gasteiger partial charge in [-0.25, -0.2) is 0 Å². The summed E-state index contributed by atoms with van der Waals surface area (Å²) >= 11 is 3.41. The van der Waals surface area contributed by atoms with E-state index < -0.39 is 5.91 Å². The van der Waals surface area contributed by atoms with E-state index in [9.17, 15) is 9.59 Å². The Balaban J connectivity index is 2.29. The van der Waals surface area contributed by atoms with Crippen molar-refractivity contribution in [3.05, 3.63) is 34.3 Å². The van der Waals surface area contributed by atoms with Crippen molar-refractivity contribution in [2.75, 3.05) is 6.61 Å². The first-order valence-electron chi connectivity index (χ1n) is 7.19. The van der Waals surface area contributed by atoms with Gasteiger partial charge < -0.3 is 10.5 Å². The van der Waals surface area contributed by atoms with Crippen LogP contribution >= 0.6 is 15.9 Å². The van der Waals surface area contributed by atoms with E-state index >= 15 is 0 Å². The van der Waals surface area contributed by atoms with Gasteiger partial charge in [0.1, 0.15) is 0 Å². The summed E-state index contributed by atoms with van der Waals surface area (Å²) in [6.45, 7) is 2.49. The number of halogens is 1. The van der Waals surface area contributed by atoms with Crippen molar-refractivity contribution in [2.24, 2.45) is 11.7 Å². The fourth-order valence-corrected chi connectivity index (χ4v) is 2.20. The molecule has 0 bridgehead atoms. The summed E-state index contributed by atoms with van der Waals surface area (Å²) in [7, 11) is 0. The maximum absolute atomic E-state index is 11.4. The topological polar surface area (TPSA) is 69.4 Å². The average Bonchev–Trinajstić information content (AvgIpc) is 2.47. The van der Waals surface area contributed by atoms with Crippen LogP contribution < -0.4 is 5.73 Å². The van der Waals surface area contributed by atoms with Gasteiger partial charge in [-0.05, 0) is 36.5 Å². The Hall–Kier alpha value is -1.36. The predicted octanol–water partition coefficient (Wildman–Crippen LogP) is 3.22. The molecule has 0 aliphatic rings. The van der Waals surface area contributed by atoms with Gasteiger partial charge >= 0.3 is 5.97 Å². The highest BCUT2D eigenvalue weighted by Crippen LogP contribution is 2.16. The van der Waals surface area contributed by atoms with Crippen LogP contribution in [0, 0.1) is 5.92 Å². The quantitative estimate of drug-likeness (QED) is 0.691. The molecule has 0 spiro atoms. The van der Waals surface area contributed by atoms with Gasteiger partial charge in [-0.1, -0.05) is 41.4 Å². The molecule has 116 valence electrons. The molecule has 0 fully saturated rings. The molecule has 1 unspecified atom stereocenters. The first-order valence-corrected chi connectivity index (χ1v) is 7.99. The monoisotopic (exact) mass is 355 g/mol. The molecule has 0 heterocycles. The highest BCUT2D eigenvalue weighted by molar-refractivity contribution is 9.10. The fraction of sp³-hybridized carbons (Fsp3) is 0.500. The summed E-state index contributed by atoms with van der Waals surface area (Å²) in [6, 6.07) is 8.24. The second-order valence-electron chi connectivity index (χ2n) is 5.09. The SMILES string of the molecule is CCC(CCc1ccc(Br)cc1)COC(=O)CCC(N)=O. The molecule has 2 N–H and O–H groups in total. The van der Waals surface area contributed by atoms with E-state index in [1.807, 2.05) is 12.1 Å². The molecule has 1 rings (SSSR count). The lowest BCUT2D eigenvalue weighted by Crippen LogP contribution is -2.17. The van der Waals surface area contributed by atoms with Crippen LogP contribution in [0.5, 0.6) is 0 Å². The lowest BCUT2D eigenvalue weighted by Gasteiger charge is -2.15. The highest BCUT2D eigenvalue weighted by Gasteiger charge is 2.11. The van der Waals surface area contributed by atoms with E-state index in [1.54, 1.807) is 0 Å². The smallest absolute Gasteiger partial charge is 0.306 e. The van der Waals surface area contributed by atoms with Crippen molar-refractivity contribution in [1.82, 2.24) is 0 Å². The third kappa shape index (κ3) is 7.85.